The van der Waals surface area contributed by atoms with Gasteiger partial charge in [-0.25, -0.2) is 4.79 Å². The second kappa shape index (κ2) is 4.71. The predicted octanol–water partition coefficient (Wildman–Crippen LogP) is -0.0943. The second-order valence-electron chi connectivity index (χ2n) is 11.0. The maximum absolute atomic E-state index is 13.4. The van der Waals surface area contributed by atoms with Crippen LogP contribution in [0.5, 0.6) is 0 Å². The van der Waals surface area contributed by atoms with Crippen LogP contribution in [0.1, 0.15) is 41.0 Å². The molecule has 2 saturated carbocycles. The van der Waals surface area contributed by atoms with E-state index in [1.54, 1.807) is 6.92 Å². The van der Waals surface area contributed by atoms with Gasteiger partial charge >= 0.3 is 17.9 Å². The third kappa shape index (κ3) is 1.33. The number of hydrogen-bond donors (Lipinski definition) is 2. The second-order valence-corrected chi connectivity index (χ2v) is 11.0. The van der Waals surface area contributed by atoms with E-state index in [2.05, 4.69) is 0 Å². The number of aliphatic hydroxyl groups is 2. The summed E-state index contributed by atoms with van der Waals surface area (Å²) in [7, 11) is 0. The molecule has 0 bridgehead atoms. The molecule has 6 aliphatic rings. The van der Waals surface area contributed by atoms with Crippen molar-refractivity contribution in [1.82, 2.24) is 0 Å². The van der Waals surface area contributed by atoms with Crippen LogP contribution in [0.15, 0.2) is 0 Å². The number of fused-ring (bicyclic) bond motifs is 1. The Hall–Kier alpha value is -1.71. The van der Waals surface area contributed by atoms with Gasteiger partial charge in [-0.3, -0.25) is 9.59 Å². The molecule has 4 heterocycles. The fourth-order valence-corrected chi connectivity index (χ4v) is 8.47. The Morgan fingerprint density at radius 3 is 2.27 bits per heavy atom. The lowest BCUT2D eigenvalue weighted by atomic mass is 9.49. The van der Waals surface area contributed by atoms with E-state index in [1.165, 1.54) is 6.92 Å². The van der Waals surface area contributed by atoms with E-state index in [0.717, 1.165) is 0 Å². The van der Waals surface area contributed by atoms with Gasteiger partial charge in [0.2, 0.25) is 11.9 Å². The van der Waals surface area contributed by atoms with Crippen molar-refractivity contribution < 1.29 is 43.5 Å². The molecule has 164 valence electrons. The van der Waals surface area contributed by atoms with Crippen LogP contribution in [-0.4, -0.2) is 63.9 Å². The van der Waals surface area contributed by atoms with Crippen molar-refractivity contribution in [3.8, 4) is 0 Å². The maximum atomic E-state index is 13.4. The molecule has 0 radical (unpaired) electrons. The number of esters is 3. The molecule has 9 heteroatoms. The molecule has 4 saturated heterocycles. The molecule has 4 aliphatic heterocycles. The average Bonchev–Trinajstić information content (AvgIpc) is 3.35. The zero-order valence-electron chi connectivity index (χ0n) is 17.5. The minimum absolute atomic E-state index is 0.223. The molecule has 0 aromatic carbocycles. The SMILES string of the molecule is C[C@@H]1C(=O)OC2[C@H](O)C34C5C[C@@H](C(C)(C)C)C36C(OC(=O)[C@@H]6C)O[C@@]4(C(=O)O5)[C@]21O. The highest BCUT2D eigenvalue weighted by Gasteiger charge is 3.03. The predicted molar refractivity (Wildman–Crippen MR) is 95.2 cm³/mol. The lowest BCUT2D eigenvalue weighted by Crippen LogP contribution is -2.66. The summed E-state index contributed by atoms with van der Waals surface area (Å²) in [6.07, 6.45) is -4.35. The fourth-order valence-electron chi connectivity index (χ4n) is 8.47. The standard InChI is InChI=1S/C21H26O9/c1-7-13(23)29-16-18(7)9(17(3,4)5)6-10-19(18)11(22)12-20(26,8(2)14(24)28-12)21(19,30-16)15(25)27-10/h7-12,16,22,26H,6H2,1-5H3/t7-,8+,9-,10?,11-,12?,16?,18?,19?,20+,21+/m0/s1. The molecule has 5 unspecified atom stereocenters. The van der Waals surface area contributed by atoms with Gasteiger partial charge in [-0.2, -0.15) is 0 Å². The lowest BCUT2D eigenvalue weighted by Gasteiger charge is -2.48. The molecule has 6 fully saturated rings. The monoisotopic (exact) mass is 422 g/mol. The van der Waals surface area contributed by atoms with E-state index in [4.69, 9.17) is 18.9 Å². The first-order valence-corrected chi connectivity index (χ1v) is 10.5. The molecule has 9 nitrogen and oxygen atoms in total. The quantitative estimate of drug-likeness (QED) is 0.406. The zero-order chi connectivity index (χ0) is 21.8. The number of hydrogen-bond acceptors (Lipinski definition) is 9. The van der Waals surface area contributed by atoms with Gasteiger partial charge in [0.15, 0.2) is 11.7 Å². The van der Waals surface area contributed by atoms with Crippen LogP contribution in [0.4, 0.5) is 0 Å². The number of carbonyl (C=O) groups is 3. The number of carbonyl (C=O) groups excluding carboxylic acids is 3. The molecule has 0 aromatic rings. The zero-order valence-corrected chi connectivity index (χ0v) is 17.5. The van der Waals surface area contributed by atoms with Crippen molar-refractivity contribution in [2.75, 3.05) is 0 Å². The molecular weight excluding hydrogens is 396 g/mol. The molecule has 6 rings (SSSR count). The smallest absolute Gasteiger partial charge is 0.343 e. The summed E-state index contributed by atoms with van der Waals surface area (Å²) in [5, 5.41) is 23.7. The number of rotatable bonds is 0. The van der Waals surface area contributed by atoms with Gasteiger partial charge in [-0.15, -0.1) is 0 Å². The molecule has 11 atom stereocenters. The van der Waals surface area contributed by atoms with E-state index in [1.807, 2.05) is 20.8 Å². The molecular formula is C21H26O9. The Kier molecular flexibility index (Phi) is 2.98. The Bertz CT molecular complexity index is 924. The van der Waals surface area contributed by atoms with Crippen LogP contribution in [0.25, 0.3) is 0 Å². The van der Waals surface area contributed by atoms with Gasteiger partial charge in [0, 0.05) is 0 Å². The van der Waals surface area contributed by atoms with Gasteiger partial charge in [-0.1, -0.05) is 27.7 Å². The third-order valence-electron chi connectivity index (χ3n) is 9.39. The van der Waals surface area contributed by atoms with Crippen LogP contribution in [0.3, 0.4) is 0 Å². The van der Waals surface area contributed by atoms with E-state index in [9.17, 15) is 24.6 Å². The Morgan fingerprint density at radius 1 is 1.00 bits per heavy atom. The van der Waals surface area contributed by atoms with E-state index >= 15 is 0 Å². The van der Waals surface area contributed by atoms with Crippen LogP contribution >= 0.6 is 0 Å². The number of ether oxygens (including phenoxy) is 4. The van der Waals surface area contributed by atoms with Gasteiger partial charge in [0.05, 0.1) is 22.7 Å². The third-order valence-corrected chi connectivity index (χ3v) is 9.39. The maximum Gasteiger partial charge on any atom is 0.343 e. The first-order chi connectivity index (χ1) is 13.8. The van der Waals surface area contributed by atoms with Crippen molar-refractivity contribution >= 4 is 17.9 Å². The van der Waals surface area contributed by atoms with Crippen LogP contribution in [0.2, 0.25) is 0 Å². The highest BCUT2D eigenvalue weighted by Crippen LogP contribution is 2.85. The van der Waals surface area contributed by atoms with Gasteiger partial charge in [0.1, 0.15) is 12.2 Å². The summed E-state index contributed by atoms with van der Waals surface area (Å²) >= 11 is 0. The lowest BCUT2D eigenvalue weighted by molar-refractivity contribution is -0.239. The summed E-state index contributed by atoms with van der Waals surface area (Å²) in [6.45, 7) is 9.26. The van der Waals surface area contributed by atoms with Crippen molar-refractivity contribution in [1.29, 1.82) is 0 Å². The summed E-state index contributed by atoms with van der Waals surface area (Å²) in [6, 6.07) is 0. The van der Waals surface area contributed by atoms with E-state index in [0.29, 0.717) is 6.42 Å². The summed E-state index contributed by atoms with van der Waals surface area (Å²) in [5.74, 6) is -4.08. The molecule has 30 heavy (non-hydrogen) atoms. The van der Waals surface area contributed by atoms with Crippen molar-refractivity contribution in [3.63, 3.8) is 0 Å². The highest BCUT2D eigenvalue weighted by atomic mass is 16.7. The van der Waals surface area contributed by atoms with Crippen molar-refractivity contribution in [2.45, 2.75) is 76.8 Å². The van der Waals surface area contributed by atoms with Crippen LogP contribution < -0.4 is 0 Å². The van der Waals surface area contributed by atoms with Crippen LogP contribution in [-0.2, 0) is 33.3 Å². The number of aliphatic hydroxyl groups excluding tert-OH is 1. The van der Waals surface area contributed by atoms with Gasteiger partial charge < -0.3 is 29.2 Å². The first kappa shape index (κ1) is 19.0. The van der Waals surface area contributed by atoms with E-state index in [-0.39, 0.29) is 11.3 Å². The molecule has 0 amide bonds. The van der Waals surface area contributed by atoms with E-state index < -0.39 is 76.4 Å². The van der Waals surface area contributed by atoms with Gasteiger partial charge in [-0.05, 0) is 24.7 Å². The van der Waals surface area contributed by atoms with Crippen LogP contribution in [0, 0.1) is 34.0 Å². The van der Waals surface area contributed by atoms with Gasteiger partial charge in [0.25, 0.3) is 0 Å². The Morgan fingerprint density at radius 2 is 1.63 bits per heavy atom. The normalized spacial score (nSPS) is 60.1. The summed E-state index contributed by atoms with van der Waals surface area (Å²) < 4.78 is 23.1. The van der Waals surface area contributed by atoms with Crippen molar-refractivity contribution in [2.24, 2.45) is 34.0 Å². The summed E-state index contributed by atoms with van der Waals surface area (Å²) in [5.41, 5.74) is -7.14. The molecule has 2 spiro atoms. The fraction of sp³-hybridized carbons (Fsp3) is 0.857. The molecule has 2 N–H and O–H groups in total. The largest absolute Gasteiger partial charge is 0.459 e. The molecule has 0 aromatic heterocycles. The molecule has 2 aliphatic carbocycles. The van der Waals surface area contributed by atoms with Crippen molar-refractivity contribution in [3.05, 3.63) is 0 Å². The minimum Gasteiger partial charge on any atom is -0.459 e. The minimum atomic E-state index is -2.13. The Balaban J connectivity index is 1.72. The first-order valence-electron chi connectivity index (χ1n) is 10.5. The average molecular weight is 422 g/mol. The highest BCUT2D eigenvalue weighted by molar-refractivity contribution is 5.93. The topological polar surface area (TPSA) is 129 Å². The Labute approximate surface area is 173 Å². The summed E-state index contributed by atoms with van der Waals surface area (Å²) in [4.78, 5) is 38.6.